The second kappa shape index (κ2) is 4.12. The van der Waals surface area contributed by atoms with Crippen molar-refractivity contribution >= 4 is 16.9 Å². The number of fused-ring (bicyclic) bond motifs is 1. The second-order valence-electron chi connectivity index (χ2n) is 5.41. The molecule has 0 radical (unpaired) electrons. The Bertz CT molecular complexity index is 828. The van der Waals surface area contributed by atoms with Gasteiger partial charge in [-0.2, -0.15) is 5.10 Å². The van der Waals surface area contributed by atoms with Crippen LogP contribution in [-0.2, 0) is 10.2 Å². The fourth-order valence-electron chi connectivity index (χ4n) is 3.06. The van der Waals surface area contributed by atoms with E-state index in [1.165, 1.54) is 0 Å². The lowest BCUT2D eigenvalue weighted by Gasteiger charge is -2.14. The fourth-order valence-corrected chi connectivity index (χ4v) is 3.06. The molecule has 0 bridgehead atoms. The molecule has 4 rings (SSSR count). The zero-order valence-corrected chi connectivity index (χ0v) is 11.2. The Kier molecular flexibility index (Phi) is 2.35. The van der Waals surface area contributed by atoms with Gasteiger partial charge in [0.1, 0.15) is 0 Å². The Morgan fingerprint density at radius 2 is 2.29 bits per heavy atom. The zero-order valence-electron chi connectivity index (χ0n) is 11.2. The average molecular weight is 279 g/mol. The van der Waals surface area contributed by atoms with E-state index in [1.807, 2.05) is 18.2 Å². The summed E-state index contributed by atoms with van der Waals surface area (Å²) in [5.41, 5.74) is 7.60. The van der Waals surface area contributed by atoms with Gasteiger partial charge in [-0.25, -0.2) is 4.98 Å². The highest BCUT2D eigenvalue weighted by Crippen LogP contribution is 2.60. The summed E-state index contributed by atoms with van der Waals surface area (Å²) in [4.78, 5) is 20.5. The molecule has 3 N–H and O–H groups in total. The van der Waals surface area contributed by atoms with Crippen LogP contribution >= 0.6 is 0 Å². The van der Waals surface area contributed by atoms with Crippen LogP contribution in [0.5, 0.6) is 0 Å². The number of hydrogen-bond acceptors (Lipinski definition) is 4. The lowest BCUT2D eigenvalue weighted by Crippen LogP contribution is -2.30. The number of nitrogens with one attached hydrogen (secondary N) is 1. The van der Waals surface area contributed by atoms with Crippen LogP contribution in [0.25, 0.3) is 11.0 Å². The summed E-state index contributed by atoms with van der Waals surface area (Å²) < 4.78 is 0. The smallest absolute Gasteiger partial charge is 0.228 e. The number of amides is 1. The number of nitrogens with two attached hydrogens (primary N) is 1. The lowest BCUT2D eigenvalue weighted by atomic mass is 9.91. The Hall–Kier alpha value is -2.76. The first-order chi connectivity index (χ1) is 10.2. The number of H-pyrrole nitrogens is 1. The molecular weight excluding hydrogens is 266 g/mol. The zero-order chi connectivity index (χ0) is 14.4. The minimum absolute atomic E-state index is 0.0647. The van der Waals surface area contributed by atoms with E-state index < -0.39 is 5.41 Å². The number of rotatable bonds is 3. The molecule has 0 aromatic carbocycles. The maximum atomic E-state index is 12.1. The van der Waals surface area contributed by atoms with Gasteiger partial charge in [-0.05, 0) is 29.7 Å². The quantitative estimate of drug-likeness (QED) is 0.754. The standard InChI is InChI=1S/C15H13N5O/c16-14(21)15(5-12(15)9-2-1-3-17-6-9)11-4-10-7-19-20-13(10)18-8-11/h1-4,6-8,12H,5H2,(H2,16,21)(H,18,19,20). The van der Waals surface area contributed by atoms with E-state index in [0.29, 0.717) is 12.1 Å². The predicted molar refractivity (Wildman–Crippen MR) is 76.4 cm³/mol. The van der Waals surface area contributed by atoms with Crippen LogP contribution < -0.4 is 5.73 Å². The number of hydrogen-bond donors (Lipinski definition) is 2. The molecule has 0 spiro atoms. The van der Waals surface area contributed by atoms with Gasteiger partial charge in [0.05, 0.1) is 11.6 Å². The van der Waals surface area contributed by atoms with Crippen molar-refractivity contribution in [1.29, 1.82) is 0 Å². The van der Waals surface area contributed by atoms with Crippen molar-refractivity contribution in [3.63, 3.8) is 0 Å². The normalized spacial score (nSPS) is 24.1. The molecule has 3 heterocycles. The van der Waals surface area contributed by atoms with Gasteiger partial charge in [-0.1, -0.05) is 6.07 Å². The Balaban J connectivity index is 1.81. The third-order valence-electron chi connectivity index (χ3n) is 4.29. The van der Waals surface area contributed by atoms with Crippen molar-refractivity contribution in [1.82, 2.24) is 20.2 Å². The van der Waals surface area contributed by atoms with Gasteiger partial charge in [0.15, 0.2) is 5.65 Å². The summed E-state index contributed by atoms with van der Waals surface area (Å²) in [7, 11) is 0. The monoisotopic (exact) mass is 279 g/mol. The summed E-state index contributed by atoms with van der Waals surface area (Å²) in [6, 6.07) is 5.79. The molecule has 0 aliphatic heterocycles. The maximum absolute atomic E-state index is 12.1. The van der Waals surface area contributed by atoms with Crippen molar-refractivity contribution in [3.8, 4) is 0 Å². The van der Waals surface area contributed by atoms with Gasteiger partial charge in [0.2, 0.25) is 5.91 Å². The first-order valence-corrected chi connectivity index (χ1v) is 6.71. The van der Waals surface area contributed by atoms with Crippen LogP contribution in [0.1, 0.15) is 23.5 Å². The van der Waals surface area contributed by atoms with E-state index in [-0.39, 0.29) is 11.8 Å². The highest BCUT2D eigenvalue weighted by Gasteiger charge is 2.61. The minimum Gasteiger partial charge on any atom is -0.369 e. The number of carbonyl (C=O) groups excluding carboxylic acids is 1. The first kappa shape index (κ1) is 12.0. The molecule has 3 aromatic heterocycles. The first-order valence-electron chi connectivity index (χ1n) is 6.71. The molecule has 6 nitrogen and oxygen atoms in total. The summed E-state index contributed by atoms with van der Waals surface area (Å²) in [5, 5.41) is 7.64. The largest absolute Gasteiger partial charge is 0.369 e. The summed E-state index contributed by atoms with van der Waals surface area (Å²) in [6.45, 7) is 0. The highest BCUT2D eigenvalue weighted by molar-refractivity contribution is 5.93. The molecule has 2 unspecified atom stereocenters. The number of aromatic amines is 1. The molecule has 6 heteroatoms. The van der Waals surface area contributed by atoms with Crippen LogP contribution in [0.2, 0.25) is 0 Å². The van der Waals surface area contributed by atoms with Gasteiger partial charge in [-0.3, -0.25) is 14.9 Å². The molecule has 3 aromatic rings. The van der Waals surface area contributed by atoms with E-state index in [4.69, 9.17) is 5.73 Å². The van der Waals surface area contributed by atoms with Crippen LogP contribution in [0.3, 0.4) is 0 Å². The molecule has 21 heavy (non-hydrogen) atoms. The van der Waals surface area contributed by atoms with E-state index in [1.54, 1.807) is 24.8 Å². The number of aromatic nitrogens is 4. The van der Waals surface area contributed by atoms with Gasteiger partial charge < -0.3 is 5.73 Å². The van der Waals surface area contributed by atoms with Crippen molar-refractivity contribution in [2.75, 3.05) is 0 Å². The van der Waals surface area contributed by atoms with E-state index in [2.05, 4.69) is 20.2 Å². The van der Waals surface area contributed by atoms with E-state index in [0.717, 1.165) is 16.5 Å². The molecule has 1 saturated carbocycles. The highest BCUT2D eigenvalue weighted by atomic mass is 16.1. The Labute approximate surface area is 120 Å². The van der Waals surface area contributed by atoms with Gasteiger partial charge in [0, 0.05) is 29.9 Å². The fraction of sp³-hybridized carbons (Fsp3) is 0.200. The van der Waals surface area contributed by atoms with Crippen LogP contribution in [-0.4, -0.2) is 26.1 Å². The van der Waals surface area contributed by atoms with Crippen molar-refractivity contribution in [2.45, 2.75) is 17.8 Å². The summed E-state index contributed by atoms with van der Waals surface area (Å²) in [6.07, 6.45) is 7.61. The average Bonchev–Trinajstić information content (AvgIpc) is 3.11. The number of primary amides is 1. The molecule has 104 valence electrons. The molecule has 0 saturated heterocycles. The molecule has 1 fully saturated rings. The Morgan fingerprint density at radius 1 is 1.38 bits per heavy atom. The van der Waals surface area contributed by atoms with E-state index >= 15 is 0 Å². The van der Waals surface area contributed by atoms with Crippen LogP contribution in [0, 0.1) is 0 Å². The predicted octanol–water partition coefficient (Wildman–Crippen LogP) is 1.26. The third kappa shape index (κ3) is 1.65. The van der Waals surface area contributed by atoms with Crippen LogP contribution in [0.15, 0.2) is 43.0 Å². The molecule has 2 atom stereocenters. The topological polar surface area (TPSA) is 97.6 Å². The van der Waals surface area contributed by atoms with E-state index in [9.17, 15) is 4.79 Å². The SMILES string of the molecule is NC(=O)C1(c2cnc3[nH]ncc3c2)CC1c1cccnc1. The maximum Gasteiger partial charge on any atom is 0.228 e. The van der Waals surface area contributed by atoms with Crippen LogP contribution in [0.4, 0.5) is 0 Å². The lowest BCUT2D eigenvalue weighted by molar-refractivity contribution is -0.120. The Morgan fingerprint density at radius 3 is 3.05 bits per heavy atom. The second-order valence-corrected chi connectivity index (χ2v) is 5.41. The summed E-state index contributed by atoms with van der Waals surface area (Å²) in [5.74, 6) is -0.254. The van der Waals surface area contributed by atoms with Gasteiger partial charge >= 0.3 is 0 Å². The minimum atomic E-state index is -0.679. The van der Waals surface area contributed by atoms with Gasteiger partial charge in [0.25, 0.3) is 0 Å². The van der Waals surface area contributed by atoms with Crippen molar-refractivity contribution in [3.05, 3.63) is 54.1 Å². The molecular formula is C15H13N5O. The van der Waals surface area contributed by atoms with Crippen molar-refractivity contribution < 1.29 is 4.79 Å². The number of carbonyl (C=O) groups is 1. The summed E-state index contributed by atoms with van der Waals surface area (Å²) >= 11 is 0. The van der Waals surface area contributed by atoms with Crippen molar-refractivity contribution in [2.24, 2.45) is 5.73 Å². The number of nitrogens with zero attached hydrogens (tertiary/aromatic N) is 3. The van der Waals surface area contributed by atoms with Gasteiger partial charge in [-0.15, -0.1) is 0 Å². The molecule has 1 aliphatic rings. The third-order valence-corrected chi connectivity index (χ3v) is 4.29. The molecule has 1 aliphatic carbocycles. The molecule has 1 amide bonds. The number of pyridine rings is 2.